The van der Waals surface area contributed by atoms with Gasteiger partial charge in [-0.1, -0.05) is 5.10 Å². The second-order valence-corrected chi connectivity index (χ2v) is 6.08. The minimum Gasteiger partial charge on any atom is -0.479 e. The number of methoxy groups -OCH3 is 2. The van der Waals surface area contributed by atoms with E-state index in [9.17, 15) is 0 Å². The number of hydrogen-bond acceptors (Lipinski definition) is 8. The molecule has 1 aliphatic rings. The normalized spacial score (nSPS) is 20.7. The third-order valence-corrected chi connectivity index (χ3v) is 4.58. The number of aromatic nitrogens is 5. The summed E-state index contributed by atoms with van der Waals surface area (Å²) in [6, 6.07) is 2.14. The van der Waals surface area contributed by atoms with Crippen LogP contribution in [0.25, 0.3) is 11.0 Å². The van der Waals surface area contributed by atoms with E-state index in [0.29, 0.717) is 35.4 Å². The third kappa shape index (κ3) is 3.14. The average Bonchev–Trinajstić information content (AvgIpc) is 3.28. The highest BCUT2D eigenvalue weighted by atomic mass is 16.5. The lowest BCUT2D eigenvalue weighted by atomic mass is 9.87. The van der Waals surface area contributed by atoms with E-state index in [4.69, 9.17) is 13.9 Å². The van der Waals surface area contributed by atoms with Gasteiger partial charge >= 0.3 is 6.01 Å². The molecule has 0 unspecified atom stereocenters. The Hall–Kier alpha value is -2.68. The highest BCUT2D eigenvalue weighted by molar-refractivity contribution is 5.82. The Balaban J connectivity index is 1.48. The number of ether oxygens (including phenoxy) is 2. The van der Waals surface area contributed by atoms with Gasteiger partial charge in [0.05, 0.1) is 18.7 Å². The molecule has 0 saturated heterocycles. The Labute approximate surface area is 144 Å². The number of fused-ring (bicyclic) bond motifs is 1. The summed E-state index contributed by atoms with van der Waals surface area (Å²) < 4.78 is 16.4. The summed E-state index contributed by atoms with van der Waals surface area (Å²) in [7, 11) is 3.32. The van der Waals surface area contributed by atoms with E-state index in [-0.39, 0.29) is 5.92 Å². The van der Waals surface area contributed by atoms with Crippen LogP contribution < -0.4 is 10.1 Å². The molecule has 0 aromatic carbocycles. The molecule has 0 bridgehead atoms. The van der Waals surface area contributed by atoms with Crippen LogP contribution in [0.15, 0.2) is 16.7 Å². The number of H-pyrrole nitrogens is 1. The van der Waals surface area contributed by atoms with Crippen LogP contribution in [-0.2, 0) is 4.74 Å². The number of rotatable bonds is 5. The smallest absolute Gasteiger partial charge is 0.322 e. The zero-order chi connectivity index (χ0) is 17.2. The van der Waals surface area contributed by atoms with E-state index in [0.717, 1.165) is 31.2 Å². The van der Waals surface area contributed by atoms with Crippen molar-refractivity contribution in [2.75, 3.05) is 19.5 Å². The topological polar surface area (TPSA) is 111 Å². The van der Waals surface area contributed by atoms with Gasteiger partial charge in [-0.2, -0.15) is 0 Å². The van der Waals surface area contributed by atoms with Crippen molar-refractivity contribution in [2.45, 2.75) is 37.7 Å². The summed E-state index contributed by atoms with van der Waals surface area (Å²) in [5.74, 6) is 1.91. The summed E-state index contributed by atoms with van der Waals surface area (Å²) in [5.41, 5.74) is 1.46. The van der Waals surface area contributed by atoms with Gasteiger partial charge in [-0.3, -0.25) is 5.32 Å². The van der Waals surface area contributed by atoms with Crippen LogP contribution in [0.3, 0.4) is 0 Å². The third-order valence-electron chi connectivity index (χ3n) is 4.58. The van der Waals surface area contributed by atoms with Gasteiger partial charge in [0.15, 0.2) is 5.52 Å². The first-order valence-corrected chi connectivity index (χ1v) is 8.28. The van der Waals surface area contributed by atoms with Crippen molar-refractivity contribution in [3.05, 3.63) is 18.2 Å². The Bertz CT molecular complexity index is 853. The molecule has 132 valence electrons. The first-order chi connectivity index (χ1) is 12.3. The van der Waals surface area contributed by atoms with Crippen LogP contribution in [0.1, 0.15) is 37.5 Å². The summed E-state index contributed by atoms with van der Waals surface area (Å²) in [6.45, 7) is 0. The quantitative estimate of drug-likeness (QED) is 0.727. The van der Waals surface area contributed by atoms with E-state index >= 15 is 0 Å². The van der Waals surface area contributed by atoms with E-state index in [1.165, 1.54) is 0 Å². The van der Waals surface area contributed by atoms with Crippen LogP contribution in [0.5, 0.6) is 5.88 Å². The van der Waals surface area contributed by atoms with Gasteiger partial charge in [-0.05, 0) is 31.7 Å². The molecule has 9 heteroatoms. The predicted molar refractivity (Wildman–Crippen MR) is 90.0 cm³/mol. The molecule has 3 aromatic heterocycles. The van der Waals surface area contributed by atoms with Gasteiger partial charge in [0.2, 0.25) is 17.7 Å². The Morgan fingerprint density at radius 2 is 2.04 bits per heavy atom. The first-order valence-electron chi connectivity index (χ1n) is 8.28. The molecular weight excluding hydrogens is 324 g/mol. The zero-order valence-corrected chi connectivity index (χ0v) is 14.2. The van der Waals surface area contributed by atoms with Crippen molar-refractivity contribution >= 4 is 23.0 Å². The van der Waals surface area contributed by atoms with Crippen LogP contribution in [0, 0.1) is 0 Å². The maximum absolute atomic E-state index is 5.77. The minimum atomic E-state index is 0.286. The second-order valence-electron chi connectivity index (χ2n) is 6.08. The summed E-state index contributed by atoms with van der Waals surface area (Å²) in [6.07, 6.45) is 6.02. The summed E-state index contributed by atoms with van der Waals surface area (Å²) >= 11 is 0. The van der Waals surface area contributed by atoms with E-state index in [1.807, 2.05) is 6.07 Å². The van der Waals surface area contributed by atoms with Crippen molar-refractivity contribution < 1.29 is 13.9 Å². The minimum absolute atomic E-state index is 0.286. The van der Waals surface area contributed by atoms with Crippen molar-refractivity contribution in [1.29, 1.82) is 0 Å². The fourth-order valence-corrected chi connectivity index (χ4v) is 3.22. The van der Waals surface area contributed by atoms with Crippen LogP contribution >= 0.6 is 0 Å². The van der Waals surface area contributed by atoms with Gasteiger partial charge in [0.25, 0.3) is 0 Å². The van der Waals surface area contributed by atoms with Crippen molar-refractivity contribution in [3.8, 4) is 5.88 Å². The Morgan fingerprint density at radius 1 is 1.20 bits per heavy atom. The van der Waals surface area contributed by atoms with Crippen LogP contribution in [0.2, 0.25) is 0 Å². The van der Waals surface area contributed by atoms with Gasteiger partial charge in [-0.25, -0.2) is 9.97 Å². The van der Waals surface area contributed by atoms with Crippen LogP contribution in [-0.4, -0.2) is 45.5 Å². The number of imidazole rings is 1. The van der Waals surface area contributed by atoms with Gasteiger partial charge < -0.3 is 18.9 Å². The maximum atomic E-state index is 5.77. The molecule has 4 rings (SSSR count). The fraction of sp³-hybridized carbons (Fsp3) is 0.500. The van der Waals surface area contributed by atoms with Crippen LogP contribution in [0.4, 0.5) is 12.0 Å². The molecule has 1 fully saturated rings. The van der Waals surface area contributed by atoms with E-state index < -0.39 is 0 Å². The molecule has 2 N–H and O–H groups in total. The van der Waals surface area contributed by atoms with Gasteiger partial charge in [-0.15, -0.1) is 5.10 Å². The molecule has 9 nitrogen and oxygen atoms in total. The van der Waals surface area contributed by atoms with Gasteiger partial charge in [0, 0.05) is 19.2 Å². The van der Waals surface area contributed by atoms with E-state index in [2.05, 4.69) is 30.5 Å². The Kier molecular flexibility index (Phi) is 4.22. The molecule has 25 heavy (non-hydrogen) atoms. The zero-order valence-electron chi connectivity index (χ0n) is 14.2. The second kappa shape index (κ2) is 6.67. The molecule has 0 radical (unpaired) electrons. The molecule has 3 aromatic rings. The lowest BCUT2D eigenvalue weighted by Gasteiger charge is -2.25. The number of anilines is 2. The lowest BCUT2D eigenvalue weighted by molar-refractivity contribution is 0.0634. The summed E-state index contributed by atoms with van der Waals surface area (Å²) in [5, 5.41) is 11.3. The number of aromatic amines is 1. The fourth-order valence-electron chi connectivity index (χ4n) is 3.22. The van der Waals surface area contributed by atoms with E-state index in [1.54, 1.807) is 20.4 Å². The maximum Gasteiger partial charge on any atom is 0.322 e. The number of pyridine rings is 1. The molecule has 0 spiro atoms. The lowest BCUT2D eigenvalue weighted by Crippen LogP contribution is -2.19. The largest absolute Gasteiger partial charge is 0.479 e. The molecule has 0 atom stereocenters. The standard InChI is InChI=1S/C16H20N6O3/c1-23-10-5-3-9(4-6-10)13-21-22-16(25-13)20-15-18-11-7-8-17-14(24-2)12(11)19-15/h7-10H,3-6H2,1-2H3,(H2,18,19,20,22). The monoisotopic (exact) mass is 344 g/mol. The van der Waals surface area contributed by atoms with Crippen molar-refractivity contribution in [1.82, 2.24) is 25.1 Å². The average molecular weight is 344 g/mol. The molecule has 1 saturated carbocycles. The number of nitrogens with zero attached hydrogens (tertiary/aromatic N) is 4. The highest BCUT2D eigenvalue weighted by Crippen LogP contribution is 2.34. The SMILES string of the molecule is COc1nccc2[nH]c(Nc3nnc(C4CCC(OC)CC4)o3)nc12. The molecule has 3 heterocycles. The van der Waals surface area contributed by atoms with Crippen molar-refractivity contribution in [3.63, 3.8) is 0 Å². The first kappa shape index (κ1) is 15.8. The molecule has 1 aliphatic carbocycles. The predicted octanol–water partition coefficient (Wildman–Crippen LogP) is 2.77. The van der Waals surface area contributed by atoms with Gasteiger partial charge in [0.1, 0.15) is 0 Å². The summed E-state index contributed by atoms with van der Waals surface area (Å²) in [4.78, 5) is 11.7. The molecular formula is C16H20N6O3. The number of hydrogen-bond donors (Lipinski definition) is 2. The van der Waals surface area contributed by atoms with Crippen molar-refractivity contribution in [2.24, 2.45) is 0 Å². The Morgan fingerprint density at radius 3 is 2.80 bits per heavy atom. The molecule has 0 aliphatic heterocycles. The number of nitrogens with one attached hydrogen (secondary N) is 2. The highest BCUT2D eigenvalue weighted by Gasteiger charge is 2.26. The molecule has 0 amide bonds.